The van der Waals surface area contributed by atoms with Crippen molar-refractivity contribution in [1.82, 2.24) is 15.0 Å². The van der Waals surface area contributed by atoms with Gasteiger partial charge in [-0.2, -0.15) is 0 Å². The lowest BCUT2D eigenvalue weighted by Gasteiger charge is -2.09. The molecule has 2 N–H and O–H groups in total. The van der Waals surface area contributed by atoms with E-state index >= 15 is 0 Å². The van der Waals surface area contributed by atoms with E-state index in [2.05, 4.69) is 15.6 Å². The van der Waals surface area contributed by atoms with Gasteiger partial charge in [-0.1, -0.05) is 11.3 Å². The van der Waals surface area contributed by atoms with E-state index in [0.717, 1.165) is 24.1 Å². The molecule has 0 radical (unpaired) electrons. The third-order valence-corrected chi connectivity index (χ3v) is 3.62. The first kappa shape index (κ1) is 14.2. The average molecular weight is 300 g/mol. The summed E-state index contributed by atoms with van der Waals surface area (Å²) < 4.78 is 1.50. The maximum absolute atomic E-state index is 12.1. The second kappa shape index (κ2) is 5.59. The summed E-state index contributed by atoms with van der Waals surface area (Å²) in [5.41, 5.74) is 2.36. The zero-order valence-electron chi connectivity index (χ0n) is 12.1. The molecule has 22 heavy (non-hydrogen) atoms. The van der Waals surface area contributed by atoms with Crippen LogP contribution in [0.5, 0.6) is 0 Å². The lowest BCUT2D eigenvalue weighted by Crippen LogP contribution is -2.20. The van der Waals surface area contributed by atoms with Gasteiger partial charge in [0.2, 0.25) is 5.91 Å². The molecule has 1 aromatic heterocycles. The number of hydrogen-bond donors (Lipinski definition) is 2. The largest absolute Gasteiger partial charge is 0.478 e. The number of carboxylic acids is 1. The van der Waals surface area contributed by atoms with Crippen LogP contribution in [0.15, 0.2) is 24.4 Å². The lowest BCUT2D eigenvalue weighted by molar-refractivity contribution is -0.116. The molecular weight excluding hydrogens is 284 g/mol. The number of benzene rings is 1. The molecule has 7 heteroatoms. The first-order valence-electron chi connectivity index (χ1n) is 7.07. The van der Waals surface area contributed by atoms with Crippen LogP contribution in [0.3, 0.4) is 0 Å². The zero-order valence-corrected chi connectivity index (χ0v) is 12.1. The van der Waals surface area contributed by atoms with Gasteiger partial charge in [0.15, 0.2) is 0 Å². The van der Waals surface area contributed by atoms with Crippen LogP contribution in [0.25, 0.3) is 0 Å². The third kappa shape index (κ3) is 3.13. The van der Waals surface area contributed by atoms with E-state index < -0.39 is 5.97 Å². The second-order valence-corrected chi connectivity index (χ2v) is 5.50. The Kier molecular flexibility index (Phi) is 3.62. The van der Waals surface area contributed by atoms with Crippen LogP contribution >= 0.6 is 0 Å². The molecule has 0 unspecified atom stereocenters. The SMILES string of the molecule is Cc1ccc(C(=O)O)cc1NC(=O)Cn1cc(C2CC2)nn1. The van der Waals surface area contributed by atoms with E-state index in [-0.39, 0.29) is 18.0 Å². The molecule has 1 aliphatic carbocycles. The van der Waals surface area contributed by atoms with E-state index in [0.29, 0.717) is 11.6 Å². The summed E-state index contributed by atoms with van der Waals surface area (Å²) in [5, 5.41) is 19.7. The third-order valence-electron chi connectivity index (χ3n) is 3.62. The number of nitrogens with zero attached hydrogens (tertiary/aromatic N) is 3. The monoisotopic (exact) mass is 300 g/mol. The quantitative estimate of drug-likeness (QED) is 0.877. The van der Waals surface area contributed by atoms with Gasteiger partial charge in [0, 0.05) is 17.8 Å². The van der Waals surface area contributed by atoms with Gasteiger partial charge in [-0.3, -0.25) is 4.79 Å². The Labute approximate surface area is 126 Å². The van der Waals surface area contributed by atoms with Crippen LogP contribution in [0.2, 0.25) is 0 Å². The molecule has 1 aliphatic rings. The molecule has 1 saturated carbocycles. The molecule has 7 nitrogen and oxygen atoms in total. The van der Waals surface area contributed by atoms with Crippen LogP contribution in [0.4, 0.5) is 5.69 Å². The van der Waals surface area contributed by atoms with Crippen LogP contribution in [-0.4, -0.2) is 32.0 Å². The van der Waals surface area contributed by atoms with Gasteiger partial charge in [-0.15, -0.1) is 5.10 Å². The van der Waals surface area contributed by atoms with E-state index in [9.17, 15) is 9.59 Å². The van der Waals surface area contributed by atoms with Crippen molar-refractivity contribution in [2.24, 2.45) is 0 Å². The Balaban J connectivity index is 1.67. The van der Waals surface area contributed by atoms with E-state index in [1.807, 2.05) is 6.92 Å². The molecule has 114 valence electrons. The fourth-order valence-electron chi connectivity index (χ4n) is 2.18. The molecule has 0 spiro atoms. The summed E-state index contributed by atoms with van der Waals surface area (Å²) in [5.74, 6) is -0.801. The summed E-state index contributed by atoms with van der Waals surface area (Å²) in [7, 11) is 0. The minimum atomic E-state index is -1.03. The number of anilines is 1. The fraction of sp³-hybridized carbons (Fsp3) is 0.333. The zero-order chi connectivity index (χ0) is 15.7. The highest BCUT2D eigenvalue weighted by molar-refractivity contribution is 5.94. The lowest BCUT2D eigenvalue weighted by atomic mass is 10.1. The molecule has 1 amide bonds. The highest BCUT2D eigenvalue weighted by atomic mass is 16.4. The van der Waals surface area contributed by atoms with Crippen LogP contribution in [0, 0.1) is 6.92 Å². The normalized spacial score (nSPS) is 13.9. The Hall–Kier alpha value is -2.70. The van der Waals surface area contributed by atoms with E-state index in [4.69, 9.17) is 5.11 Å². The minimum Gasteiger partial charge on any atom is -0.478 e. The van der Waals surface area contributed by atoms with Crippen molar-refractivity contribution in [3.63, 3.8) is 0 Å². The topological polar surface area (TPSA) is 97.1 Å². The number of aromatic carboxylic acids is 1. The Morgan fingerprint density at radius 2 is 2.18 bits per heavy atom. The summed E-state index contributed by atoms with van der Waals surface area (Å²) in [6.07, 6.45) is 4.05. The number of carbonyl (C=O) groups is 2. The molecule has 3 rings (SSSR count). The average Bonchev–Trinajstić information content (AvgIpc) is 3.22. The minimum absolute atomic E-state index is 0.0520. The summed E-state index contributed by atoms with van der Waals surface area (Å²) in [4.78, 5) is 23.0. The van der Waals surface area contributed by atoms with Gasteiger partial charge >= 0.3 is 5.97 Å². The van der Waals surface area contributed by atoms with Gasteiger partial charge in [0.25, 0.3) is 0 Å². The Bertz CT molecular complexity index is 734. The Morgan fingerprint density at radius 1 is 1.41 bits per heavy atom. The first-order valence-corrected chi connectivity index (χ1v) is 7.07. The van der Waals surface area contributed by atoms with E-state index in [1.165, 1.54) is 16.8 Å². The van der Waals surface area contributed by atoms with Crippen molar-refractivity contribution in [2.75, 3.05) is 5.32 Å². The standard InChI is InChI=1S/C15H16N4O3/c1-9-2-3-11(15(21)22)6-12(9)16-14(20)8-19-7-13(17-18-19)10-4-5-10/h2-3,6-7,10H,4-5,8H2,1H3,(H,16,20)(H,21,22). The number of amides is 1. The van der Waals surface area contributed by atoms with Crippen molar-refractivity contribution in [3.05, 3.63) is 41.2 Å². The molecular formula is C15H16N4O3. The summed E-state index contributed by atoms with van der Waals surface area (Å²) in [6, 6.07) is 4.62. The van der Waals surface area contributed by atoms with Crippen LogP contribution in [-0.2, 0) is 11.3 Å². The molecule has 1 heterocycles. The summed E-state index contributed by atoms with van der Waals surface area (Å²) in [6.45, 7) is 1.86. The van der Waals surface area contributed by atoms with Gasteiger partial charge in [0.05, 0.1) is 11.3 Å². The van der Waals surface area contributed by atoms with Gasteiger partial charge in [-0.05, 0) is 37.5 Å². The van der Waals surface area contributed by atoms with Crippen molar-refractivity contribution in [1.29, 1.82) is 0 Å². The smallest absolute Gasteiger partial charge is 0.335 e. The van der Waals surface area contributed by atoms with Crippen LogP contribution < -0.4 is 5.32 Å². The number of carbonyl (C=O) groups excluding carboxylic acids is 1. The van der Waals surface area contributed by atoms with Gasteiger partial charge in [-0.25, -0.2) is 9.48 Å². The number of aromatic nitrogens is 3. The van der Waals surface area contributed by atoms with Crippen molar-refractivity contribution < 1.29 is 14.7 Å². The van der Waals surface area contributed by atoms with Crippen LogP contribution in [0.1, 0.15) is 40.4 Å². The molecule has 0 aliphatic heterocycles. The predicted molar refractivity (Wildman–Crippen MR) is 78.8 cm³/mol. The molecule has 1 aromatic carbocycles. The number of rotatable bonds is 5. The fourth-order valence-corrected chi connectivity index (χ4v) is 2.18. The molecule has 0 saturated heterocycles. The first-order chi connectivity index (χ1) is 10.5. The molecule has 0 atom stereocenters. The number of carboxylic acid groups (broad SMARTS) is 1. The molecule has 0 bridgehead atoms. The highest BCUT2D eigenvalue weighted by Gasteiger charge is 2.26. The van der Waals surface area contributed by atoms with Gasteiger partial charge < -0.3 is 10.4 Å². The van der Waals surface area contributed by atoms with Crippen molar-refractivity contribution >= 4 is 17.6 Å². The highest BCUT2D eigenvalue weighted by Crippen LogP contribution is 2.38. The maximum atomic E-state index is 12.1. The molecule has 2 aromatic rings. The summed E-state index contributed by atoms with van der Waals surface area (Å²) >= 11 is 0. The van der Waals surface area contributed by atoms with Gasteiger partial charge in [0.1, 0.15) is 6.54 Å². The molecule has 1 fully saturated rings. The number of hydrogen-bond acceptors (Lipinski definition) is 4. The second-order valence-electron chi connectivity index (χ2n) is 5.50. The van der Waals surface area contributed by atoms with E-state index in [1.54, 1.807) is 12.3 Å². The maximum Gasteiger partial charge on any atom is 0.335 e. The number of nitrogens with one attached hydrogen (secondary N) is 1. The predicted octanol–water partition coefficient (Wildman–Crippen LogP) is 1.80. The number of aryl methyl sites for hydroxylation is 1. The van der Waals surface area contributed by atoms with Crippen molar-refractivity contribution in [2.45, 2.75) is 32.2 Å². The van der Waals surface area contributed by atoms with Crippen molar-refractivity contribution in [3.8, 4) is 0 Å². The Morgan fingerprint density at radius 3 is 2.86 bits per heavy atom.